The Balaban J connectivity index is 2.08. The van der Waals surface area contributed by atoms with E-state index in [1.807, 2.05) is 31.2 Å². The van der Waals surface area contributed by atoms with Gasteiger partial charge in [0.2, 0.25) is 0 Å². The molecule has 19 heavy (non-hydrogen) atoms. The molecule has 2 rings (SSSR count). The monoisotopic (exact) mass is 281 g/mol. The Kier molecular flexibility index (Phi) is 5.08. The van der Waals surface area contributed by atoms with Gasteiger partial charge in [0.25, 0.3) is 0 Å². The summed E-state index contributed by atoms with van der Waals surface area (Å²) in [6, 6.07) is 7.18. The normalized spacial score (nSPS) is 17.2. The highest BCUT2D eigenvalue weighted by Crippen LogP contribution is 2.30. The zero-order valence-electron chi connectivity index (χ0n) is 11.2. The smallest absolute Gasteiger partial charge is 0.328 e. The van der Waals surface area contributed by atoms with Crippen LogP contribution < -0.4 is 5.32 Å². The standard InChI is InChI=1S/C15H20ClNO2/c1-2-19-15(18)14(11-5-3-4-6-11)17-13-9-7-12(16)8-10-13/h7-11,14,17H,2-6H2,1H3. The molecule has 0 aromatic heterocycles. The minimum Gasteiger partial charge on any atom is -0.464 e. The van der Waals surface area contributed by atoms with Gasteiger partial charge in [-0.3, -0.25) is 0 Å². The van der Waals surface area contributed by atoms with Crippen LogP contribution in [0.25, 0.3) is 0 Å². The molecule has 1 fully saturated rings. The lowest BCUT2D eigenvalue weighted by Crippen LogP contribution is -2.37. The molecule has 3 nitrogen and oxygen atoms in total. The fourth-order valence-corrected chi connectivity index (χ4v) is 2.74. The Hall–Kier alpha value is -1.22. The molecule has 1 aliphatic rings. The van der Waals surface area contributed by atoms with Crippen LogP contribution in [0.4, 0.5) is 5.69 Å². The number of benzene rings is 1. The molecule has 1 N–H and O–H groups in total. The van der Waals surface area contributed by atoms with Gasteiger partial charge in [-0.15, -0.1) is 0 Å². The van der Waals surface area contributed by atoms with Crippen molar-refractivity contribution in [2.75, 3.05) is 11.9 Å². The summed E-state index contributed by atoms with van der Waals surface area (Å²) in [7, 11) is 0. The van der Waals surface area contributed by atoms with Gasteiger partial charge in [0.05, 0.1) is 6.61 Å². The highest BCUT2D eigenvalue weighted by atomic mass is 35.5. The van der Waals surface area contributed by atoms with E-state index >= 15 is 0 Å². The Morgan fingerprint density at radius 3 is 2.58 bits per heavy atom. The maximum absolute atomic E-state index is 12.1. The van der Waals surface area contributed by atoms with Gasteiger partial charge >= 0.3 is 5.97 Å². The van der Waals surface area contributed by atoms with Crippen LogP contribution in [0.3, 0.4) is 0 Å². The number of nitrogens with one attached hydrogen (secondary N) is 1. The van der Waals surface area contributed by atoms with E-state index in [-0.39, 0.29) is 12.0 Å². The van der Waals surface area contributed by atoms with E-state index in [2.05, 4.69) is 5.32 Å². The average Bonchev–Trinajstić information content (AvgIpc) is 2.92. The third-order valence-corrected chi connectivity index (χ3v) is 3.83. The van der Waals surface area contributed by atoms with Crippen LogP contribution in [-0.4, -0.2) is 18.6 Å². The molecule has 104 valence electrons. The predicted molar refractivity (Wildman–Crippen MR) is 77.5 cm³/mol. The summed E-state index contributed by atoms with van der Waals surface area (Å²) in [4.78, 5) is 12.1. The van der Waals surface area contributed by atoms with Crippen molar-refractivity contribution in [3.8, 4) is 0 Å². The zero-order chi connectivity index (χ0) is 13.7. The first-order valence-corrected chi connectivity index (χ1v) is 7.27. The maximum Gasteiger partial charge on any atom is 0.328 e. The number of halogens is 1. The summed E-state index contributed by atoms with van der Waals surface area (Å²) in [6.07, 6.45) is 4.57. The minimum absolute atomic E-state index is 0.149. The van der Waals surface area contributed by atoms with Gasteiger partial charge in [-0.05, 0) is 49.9 Å². The first kappa shape index (κ1) is 14.2. The van der Waals surface area contributed by atoms with E-state index in [9.17, 15) is 4.79 Å². The van der Waals surface area contributed by atoms with Gasteiger partial charge in [-0.25, -0.2) is 4.79 Å². The van der Waals surface area contributed by atoms with Crippen molar-refractivity contribution in [1.82, 2.24) is 0 Å². The van der Waals surface area contributed by atoms with E-state index < -0.39 is 0 Å². The molecule has 0 spiro atoms. The lowest BCUT2D eigenvalue weighted by atomic mass is 9.98. The molecule has 0 aliphatic heterocycles. The SMILES string of the molecule is CCOC(=O)C(Nc1ccc(Cl)cc1)C1CCCC1. The molecule has 0 saturated heterocycles. The average molecular weight is 282 g/mol. The second kappa shape index (κ2) is 6.80. The van der Waals surface area contributed by atoms with E-state index in [4.69, 9.17) is 16.3 Å². The van der Waals surface area contributed by atoms with Gasteiger partial charge in [0, 0.05) is 10.7 Å². The molecule has 0 heterocycles. The van der Waals surface area contributed by atoms with Crippen molar-refractivity contribution in [2.45, 2.75) is 38.6 Å². The largest absolute Gasteiger partial charge is 0.464 e. The fourth-order valence-electron chi connectivity index (χ4n) is 2.62. The second-order valence-corrected chi connectivity index (χ2v) is 5.36. The van der Waals surface area contributed by atoms with Crippen molar-refractivity contribution in [3.05, 3.63) is 29.3 Å². The lowest BCUT2D eigenvalue weighted by Gasteiger charge is -2.23. The number of esters is 1. The topological polar surface area (TPSA) is 38.3 Å². The molecule has 1 aromatic rings. The minimum atomic E-state index is -0.247. The van der Waals surface area contributed by atoms with Gasteiger partial charge in [0.1, 0.15) is 6.04 Å². The summed E-state index contributed by atoms with van der Waals surface area (Å²) in [5.41, 5.74) is 0.911. The van der Waals surface area contributed by atoms with E-state index in [1.165, 1.54) is 12.8 Å². The molecule has 0 bridgehead atoms. The fraction of sp³-hybridized carbons (Fsp3) is 0.533. The Bertz CT molecular complexity index is 413. The van der Waals surface area contributed by atoms with Gasteiger partial charge < -0.3 is 10.1 Å². The van der Waals surface area contributed by atoms with Crippen LogP contribution in [0.2, 0.25) is 5.02 Å². The summed E-state index contributed by atoms with van der Waals surface area (Å²) >= 11 is 5.87. The van der Waals surface area contributed by atoms with E-state index in [1.54, 1.807) is 0 Å². The molecule has 1 unspecified atom stereocenters. The summed E-state index contributed by atoms with van der Waals surface area (Å²) in [6.45, 7) is 2.26. The quantitative estimate of drug-likeness (QED) is 0.833. The van der Waals surface area contributed by atoms with Crippen LogP contribution in [0.1, 0.15) is 32.6 Å². The Labute approximate surface area is 119 Å². The zero-order valence-corrected chi connectivity index (χ0v) is 12.0. The maximum atomic E-state index is 12.1. The number of hydrogen-bond acceptors (Lipinski definition) is 3. The van der Waals surface area contributed by atoms with Crippen LogP contribution >= 0.6 is 11.6 Å². The molecule has 1 atom stereocenters. The molecule has 1 aromatic carbocycles. The number of carbonyl (C=O) groups is 1. The highest BCUT2D eigenvalue weighted by Gasteiger charge is 2.31. The molecule has 0 amide bonds. The van der Waals surface area contributed by atoms with Gasteiger partial charge in [0.15, 0.2) is 0 Å². The van der Waals surface area contributed by atoms with Crippen LogP contribution in [0, 0.1) is 5.92 Å². The number of hydrogen-bond donors (Lipinski definition) is 1. The first-order chi connectivity index (χ1) is 9.20. The van der Waals surface area contributed by atoms with Crippen molar-refractivity contribution in [3.63, 3.8) is 0 Å². The van der Waals surface area contributed by atoms with E-state index in [0.717, 1.165) is 18.5 Å². The first-order valence-electron chi connectivity index (χ1n) is 6.89. The molecular weight excluding hydrogens is 262 g/mol. The summed E-state index contributed by atoms with van der Waals surface area (Å²) in [5, 5.41) is 3.99. The second-order valence-electron chi connectivity index (χ2n) is 4.93. The third kappa shape index (κ3) is 3.87. The predicted octanol–water partition coefficient (Wildman–Crippen LogP) is 3.87. The molecular formula is C15H20ClNO2. The van der Waals surface area contributed by atoms with Crippen LogP contribution in [0.15, 0.2) is 24.3 Å². The third-order valence-electron chi connectivity index (χ3n) is 3.58. The van der Waals surface area contributed by atoms with Crippen LogP contribution in [0.5, 0.6) is 0 Å². The summed E-state index contributed by atoms with van der Waals surface area (Å²) in [5.74, 6) is 0.221. The van der Waals surface area contributed by atoms with Crippen LogP contribution in [-0.2, 0) is 9.53 Å². The van der Waals surface area contributed by atoms with Gasteiger partial charge in [-0.2, -0.15) is 0 Å². The molecule has 1 aliphatic carbocycles. The van der Waals surface area contributed by atoms with Crippen molar-refractivity contribution in [1.29, 1.82) is 0 Å². The van der Waals surface area contributed by atoms with Crippen molar-refractivity contribution < 1.29 is 9.53 Å². The van der Waals surface area contributed by atoms with Crippen molar-refractivity contribution in [2.24, 2.45) is 5.92 Å². The Morgan fingerprint density at radius 2 is 2.00 bits per heavy atom. The number of ether oxygens (including phenoxy) is 1. The number of carbonyl (C=O) groups excluding carboxylic acids is 1. The highest BCUT2D eigenvalue weighted by molar-refractivity contribution is 6.30. The number of rotatable bonds is 5. The molecule has 1 saturated carbocycles. The molecule has 4 heteroatoms. The molecule has 0 radical (unpaired) electrons. The van der Waals surface area contributed by atoms with Gasteiger partial charge in [-0.1, -0.05) is 24.4 Å². The lowest BCUT2D eigenvalue weighted by molar-refractivity contribution is -0.145. The van der Waals surface area contributed by atoms with E-state index in [0.29, 0.717) is 17.5 Å². The number of anilines is 1. The summed E-state index contributed by atoms with van der Waals surface area (Å²) < 4.78 is 5.18. The Morgan fingerprint density at radius 1 is 1.37 bits per heavy atom. The van der Waals surface area contributed by atoms with Crippen molar-refractivity contribution >= 4 is 23.3 Å².